The van der Waals surface area contributed by atoms with Gasteiger partial charge in [-0.3, -0.25) is 13.9 Å². The number of halogens is 1. The SMILES string of the molecule is Cc1ccc(S(=O)(=O)N(CC(=O)N(Cc2cccc(Cl)c2)C(C)C(=O)NC2CCCC2)c2ccccc2)cc1. The quantitative estimate of drug-likeness (QED) is 0.359. The normalized spacial score (nSPS) is 14.5. The molecule has 0 heterocycles. The van der Waals surface area contributed by atoms with E-state index in [1.54, 1.807) is 67.6 Å². The third-order valence-corrected chi connectivity index (χ3v) is 9.07. The summed E-state index contributed by atoms with van der Waals surface area (Å²) in [5.41, 5.74) is 2.02. The molecule has 1 unspecified atom stereocenters. The molecule has 3 aromatic carbocycles. The first kappa shape index (κ1) is 28.6. The Kier molecular flexibility index (Phi) is 9.30. The summed E-state index contributed by atoms with van der Waals surface area (Å²) in [5.74, 6) is -0.756. The average molecular weight is 568 g/mol. The molecule has 1 aliphatic rings. The lowest BCUT2D eigenvalue weighted by Gasteiger charge is -2.32. The summed E-state index contributed by atoms with van der Waals surface area (Å²) in [6, 6.07) is 21.4. The first-order chi connectivity index (χ1) is 18.6. The summed E-state index contributed by atoms with van der Waals surface area (Å²) in [5, 5.41) is 3.58. The van der Waals surface area contributed by atoms with Crippen LogP contribution in [0.5, 0.6) is 0 Å². The van der Waals surface area contributed by atoms with Crippen molar-refractivity contribution in [2.75, 3.05) is 10.8 Å². The summed E-state index contributed by atoms with van der Waals surface area (Å²) >= 11 is 6.20. The van der Waals surface area contributed by atoms with E-state index in [2.05, 4.69) is 5.32 Å². The predicted octanol–water partition coefficient (Wildman–Crippen LogP) is 5.32. The van der Waals surface area contributed by atoms with Gasteiger partial charge in [0.05, 0.1) is 10.6 Å². The average Bonchev–Trinajstić information content (AvgIpc) is 3.43. The van der Waals surface area contributed by atoms with E-state index in [-0.39, 0.29) is 23.4 Å². The fourth-order valence-electron chi connectivity index (χ4n) is 4.77. The number of hydrogen-bond donors (Lipinski definition) is 1. The van der Waals surface area contributed by atoms with Crippen LogP contribution in [-0.4, -0.2) is 43.8 Å². The molecule has 1 fully saturated rings. The number of para-hydroxylation sites is 1. The zero-order chi connectivity index (χ0) is 28.0. The Hall–Kier alpha value is -3.36. The van der Waals surface area contributed by atoms with Crippen molar-refractivity contribution >= 4 is 39.1 Å². The van der Waals surface area contributed by atoms with Crippen molar-refractivity contribution in [1.29, 1.82) is 0 Å². The number of amides is 2. The van der Waals surface area contributed by atoms with Gasteiger partial charge < -0.3 is 10.2 Å². The Balaban J connectivity index is 1.66. The Morgan fingerprint density at radius 2 is 1.64 bits per heavy atom. The van der Waals surface area contributed by atoms with Gasteiger partial charge in [-0.2, -0.15) is 0 Å². The molecule has 3 aromatic rings. The minimum Gasteiger partial charge on any atom is -0.352 e. The minimum atomic E-state index is -4.08. The molecule has 7 nitrogen and oxygen atoms in total. The van der Waals surface area contributed by atoms with Crippen molar-refractivity contribution in [2.45, 2.75) is 63.1 Å². The first-order valence-electron chi connectivity index (χ1n) is 13.1. The molecule has 0 aromatic heterocycles. The van der Waals surface area contributed by atoms with Gasteiger partial charge in [-0.25, -0.2) is 8.42 Å². The lowest BCUT2D eigenvalue weighted by molar-refractivity contribution is -0.139. The van der Waals surface area contributed by atoms with Gasteiger partial charge in [0.2, 0.25) is 11.8 Å². The number of nitrogens with one attached hydrogen (secondary N) is 1. The predicted molar refractivity (Wildman–Crippen MR) is 154 cm³/mol. The van der Waals surface area contributed by atoms with Gasteiger partial charge in [-0.05, 0) is 68.7 Å². The van der Waals surface area contributed by atoms with Crippen molar-refractivity contribution in [3.05, 3.63) is 95.0 Å². The summed E-state index contributed by atoms with van der Waals surface area (Å²) < 4.78 is 28.7. The van der Waals surface area contributed by atoms with Crippen molar-refractivity contribution < 1.29 is 18.0 Å². The fourth-order valence-corrected chi connectivity index (χ4v) is 6.39. The summed E-state index contributed by atoms with van der Waals surface area (Å²) in [4.78, 5) is 28.7. The van der Waals surface area contributed by atoms with Crippen LogP contribution in [0.25, 0.3) is 0 Å². The van der Waals surface area contributed by atoms with Crippen LogP contribution >= 0.6 is 11.6 Å². The number of benzene rings is 3. The van der Waals surface area contributed by atoms with Gasteiger partial charge in [0.25, 0.3) is 10.0 Å². The van der Waals surface area contributed by atoms with E-state index in [9.17, 15) is 18.0 Å². The van der Waals surface area contributed by atoms with E-state index in [0.29, 0.717) is 10.7 Å². The highest BCUT2D eigenvalue weighted by Gasteiger charge is 2.33. The Morgan fingerprint density at radius 3 is 2.28 bits per heavy atom. The van der Waals surface area contributed by atoms with Crippen LogP contribution in [0.3, 0.4) is 0 Å². The van der Waals surface area contributed by atoms with Gasteiger partial charge in [0, 0.05) is 17.6 Å². The molecule has 1 aliphatic carbocycles. The standard InChI is InChI=1S/C30H34ClN3O4S/c1-22-15-17-28(18-16-22)39(37,38)34(27-13-4-3-5-14-27)21-29(35)33(20-24-9-8-10-25(31)19-24)23(2)30(36)32-26-11-6-7-12-26/h3-5,8-10,13-19,23,26H,6-7,11-12,20-21H2,1-2H3,(H,32,36). The number of aryl methyl sites for hydroxylation is 1. The third-order valence-electron chi connectivity index (χ3n) is 7.04. The molecular weight excluding hydrogens is 534 g/mol. The second-order valence-corrected chi connectivity index (χ2v) is 12.3. The zero-order valence-electron chi connectivity index (χ0n) is 22.2. The van der Waals surface area contributed by atoms with E-state index < -0.39 is 28.5 Å². The highest BCUT2D eigenvalue weighted by atomic mass is 35.5. The second kappa shape index (κ2) is 12.7. The molecular formula is C30H34ClN3O4S. The number of rotatable bonds is 10. The molecule has 0 aliphatic heterocycles. The zero-order valence-corrected chi connectivity index (χ0v) is 23.8. The molecule has 2 amide bonds. The lowest BCUT2D eigenvalue weighted by atomic mass is 10.1. The molecule has 0 saturated heterocycles. The van der Waals surface area contributed by atoms with Crippen LogP contribution in [0.4, 0.5) is 5.69 Å². The Labute approximate surface area is 235 Å². The summed E-state index contributed by atoms with van der Waals surface area (Å²) in [7, 11) is -4.08. The fraction of sp³-hybridized carbons (Fsp3) is 0.333. The van der Waals surface area contributed by atoms with Crippen molar-refractivity contribution in [3.63, 3.8) is 0 Å². The van der Waals surface area contributed by atoms with Gasteiger partial charge in [0.15, 0.2) is 0 Å². The minimum absolute atomic E-state index is 0.0816. The number of hydrogen-bond acceptors (Lipinski definition) is 4. The molecule has 0 bridgehead atoms. The van der Waals surface area contributed by atoms with Crippen LogP contribution in [0.1, 0.15) is 43.7 Å². The maximum absolute atomic E-state index is 13.9. The van der Waals surface area contributed by atoms with Gasteiger partial charge in [-0.15, -0.1) is 0 Å². The second-order valence-electron chi connectivity index (χ2n) is 9.98. The molecule has 206 valence electrons. The number of carbonyl (C=O) groups is 2. The van der Waals surface area contributed by atoms with E-state index >= 15 is 0 Å². The van der Waals surface area contributed by atoms with Crippen LogP contribution in [0, 0.1) is 6.92 Å². The van der Waals surface area contributed by atoms with E-state index in [1.807, 2.05) is 13.0 Å². The monoisotopic (exact) mass is 567 g/mol. The van der Waals surface area contributed by atoms with Crippen molar-refractivity contribution in [1.82, 2.24) is 10.2 Å². The van der Waals surface area contributed by atoms with Crippen LogP contribution < -0.4 is 9.62 Å². The molecule has 0 spiro atoms. The molecule has 1 atom stereocenters. The molecule has 9 heteroatoms. The number of nitrogens with zero attached hydrogens (tertiary/aromatic N) is 2. The largest absolute Gasteiger partial charge is 0.352 e. The summed E-state index contributed by atoms with van der Waals surface area (Å²) in [6.45, 7) is 3.18. The first-order valence-corrected chi connectivity index (χ1v) is 15.0. The Bertz CT molecular complexity index is 1390. The van der Waals surface area contributed by atoms with E-state index in [4.69, 9.17) is 11.6 Å². The molecule has 1 N–H and O–H groups in total. The van der Waals surface area contributed by atoms with Crippen LogP contribution in [0.2, 0.25) is 5.02 Å². The van der Waals surface area contributed by atoms with Gasteiger partial charge in [-0.1, -0.05) is 72.5 Å². The highest BCUT2D eigenvalue weighted by molar-refractivity contribution is 7.92. The topological polar surface area (TPSA) is 86.8 Å². The lowest BCUT2D eigenvalue weighted by Crippen LogP contribution is -2.52. The summed E-state index contributed by atoms with van der Waals surface area (Å²) in [6.07, 6.45) is 3.95. The van der Waals surface area contributed by atoms with Crippen LogP contribution in [-0.2, 0) is 26.2 Å². The maximum Gasteiger partial charge on any atom is 0.264 e. The molecule has 1 saturated carbocycles. The third kappa shape index (κ3) is 7.19. The van der Waals surface area contributed by atoms with E-state index in [1.165, 1.54) is 17.0 Å². The number of anilines is 1. The molecule has 39 heavy (non-hydrogen) atoms. The highest BCUT2D eigenvalue weighted by Crippen LogP contribution is 2.25. The van der Waals surface area contributed by atoms with Crippen molar-refractivity contribution in [3.8, 4) is 0 Å². The van der Waals surface area contributed by atoms with E-state index in [0.717, 1.165) is 41.1 Å². The molecule has 4 rings (SSSR count). The van der Waals surface area contributed by atoms with Crippen molar-refractivity contribution in [2.24, 2.45) is 0 Å². The maximum atomic E-state index is 13.9. The van der Waals surface area contributed by atoms with Gasteiger partial charge in [0.1, 0.15) is 12.6 Å². The smallest absolute Gasteiger partial charge is 0.264 e. The Morgan fingerprint density at radius 1 is 0.974 bits per heavy atom. The number of sulfonamides is 1. The number of carbonyl (C=O) groups excluding carboxylic acids is 2. The van der Waals surface area contributed by atoms with Crippen LogP contribution in [0.15, 0.2) is 83.8 Å². The van der Waals surface area contributed by atoms with Gasteiger partial charge >= 0.3 is 0 Å². The molecule has 0 radical (unpaired) electrons.